The summed E-state index contributed by atoms with van der Waals surface area (Å²) in [5, 5.41) is 11.6. The Morgan fingerprint density at radius 1 is 1.14 bits per heavy atom. The third-order valence-corrected chi connectivity index (χ3v) is 6.18. The first-order valence-electron chi connectivity index (χ1n) is 10.5. The van der Waals surface area contributed by atoms with Crippen LogP contribution in [0, 0.1) is 12.8 Å². The molecule has 0 radical (unpaired) electrons. The van der Waals surface area contributed by atoms with Gasteiger partial charge >= 0.3 is 0 Å². The van der Waals surface area contributed by atoms with E-state index in [-0.39, 0.29) is 11.9 Å². The number of piperidine rings is 1. The monoisotopic (exact) mass is 382 g/mol. The van der Waals surface area contributed by atoms with Crippen LogP contribution in [0.4, 0.5) is 0 Å². The summed E-state index contributed by atoms with van der Waals surface area (Å²) in [6.45, 7) is 5.76. The molecule has 2 fully saturated rings. The summed E-state index contributed by atoms with van der Waals surface area (Å²) < 4.78 is 1.92. The van der Waals surface area contributed by atoms with E-state index in [1.165, 1.54) is 31.2 Å². The van der Waals surface area contributed by atoms with Crippen molar-refractivity contribution in [2.45, 2.75) is 64.6 Å². The molecule has 3 heterocycles. The fourth-order valence-electron chi connectivity index (χ4n) is 4.42. The molecular weight excluding hydrogens is 352 g/mol. The van der Waals surface area contributed by atoms with Crippen molar-refractivity contribution in [3.63, 3.8) is 0 Å². The van der Waals surface area contributed by atoms with Crippen LogP contribution < -0.4 is 5.32 Å². The number of likely N-dealkylation sites (tertiary alicyclic amines) is 1. The highest BCUT2D eigenvalue weighted by Crippen LogP contribution is 2.26. The summed E-state index contributed by atoms with van der Waals surface area (Å²) in [5.74, 6) is 0.601. The lowest BCUT2D eigenvalue weighted by atomic mass is 10.0. The van der Waals surface area contributed by atoms with Gasteiger partial charge in [0.15, 0.2) is 5.69 Å². The lowest BCUT2D eigenvalue weighted by Crippen LogP contribution is -2.44. The lowest BCUT2D eigenvalue weighted by Gasteiger charge is -2.32. The fraction of sp³-hybridized carbons (Fsp3) is 0.619. The minimum Gasteiger partial charge on any atom is -0.348 e. The predicted molar refractivity (Wildman–Crippen MR) is 107 cm³/mol. The maximum atomic E-state index is 12.7. The quantitative estimate of drug-likeness (QED) is 0.831. The van der Waals surface area contributed by atoms with Gasteiger partial charge in [-0.05, 0) is 56.2 Å². The number of carbonyl (C=O) groups excluding carboxylic acids is 1. The maximum Gasteiger partial charge on any atom is 0.273 e. The summed E-state index contributed by atoms with van der Waals surface area (Å²) in [6, 6.07) is 4.33. The first kappa shape index (κ1) is 19.1. The molecule has 150 valence electrons. The number of aromatic nitrogens is 4. The summed E-state index contributed by atoms with van der Waals surface area (Å²) in [4.78, 5) is 19.2. The Bertz CT molecular complexity index is 775. The van der Waals surface area contributed by atoms with E-state index >= 15 is 0 Å². The summed E-state index contributed by atoms with van der Waals surface area (Å²) in [5.41, 5.74) is 2.66. The van der Waals surface area contributed by atoms with Crippen molar-refractivity contribution in [2.24, 2.45) is 5.92 Å². The van der Waals surface area contributed by atoms with Gasteiger partial charge < -0.3 is 5.32 Å². The summed E-state index contributed by atoms with van der Waals surface area (Å²) >= 11 is 0. The van der Waals surface area contributed by atoms with E-state index in [4.69, 9.17) is 0 Å². The van der Waals surface area contributed by atoms with Crippen LogP contribution in [0.5, 0.6) is 0 Å². The van der Waals surface area contributed by atoms with Crippen LogP contribution in [-0.4, -0.2) is 49.9 Å². The number of nitrogens with one attached hydrogen (secondary N) is 1. The van der Waals surface area contributed by atoms with Gasteiger partial charge in [-0.15, -0.1) is 5.10 Å². The zero-order valence-electron chi connectivity index (χ0n) is 16.7. The van der Waals surface area contributed by atoms with E-state index in [1.54, 1.807) is 0 Å². The standard InChI is InChI=1S/C21H30N6O/c1-16-20(24-25-27(16)15-17-4-2-3-5-17)21(28)23-19-8-12-26(13-9-19)14-18-6-10-22-11-7-18/h6-7,10-11,17,19H,2-5,8-9,12-15H2,1H3,(H,23,28). The van der Waals surface area contributed by atoms with Crippen molar-refractivity contribution in [1.29, 1.82) is 0 Å². The zero-order chi connectivity index (χ0) is 19.3. The molecule has 0 aromatic carbocycles. The molecule has 1 amide bonds. The van der Waals surface area contributed by atoms with E-state index < -0.39 is 0 Å². The van der Waals surface area contributed by atoms with E-state index in [0.717, 1.165) is 44.7 Å². The molecule has 0 bridgehead atoms. The van der Waals surface area contributed by atoms with Gasteiger partial charge in [0.2, 0.25) is 0 Å². The summed E-state index contributed by atoms with van der Waals surface area (Å²) in [6.07, 6.45) is 10.8. The van der Waals surface area contributed by atoms with Gasteiger partial charge in [0.1, 0.15) is 0 Å². The number of nitrogens with zero attached hydrogens (tertiary/aromatic N) is 5. The number of hydrogen-bond acceptors (Lipinski definition) is 5. The van der Waals surface area contributed by atoms with Gasteiger partial charge in [0.25, 0.3) is 5.91 Å². The number of carbonyl (C=O) groups is 1. The van der Waals surface area contributed by atoms with E-state index in [0.29, 0.717) is 11.6 Å². The van der Waals surface area contributed by atoms with Gasteiger partial charge in [-0.25, -0.2) is 4.68 Å². The second-order valence-electron chi connectivity index (χ2n) is 8.24. The average Bonchev–Trinajstić information content (AvgIpc) is 3.35. The van der Waals surface area contributed by atoms with Crippen LogP contribution in [0.1, 0.15) is 60.3 Å². The van der Waals surface area contributed by atoms with Crippen molar-refractivity contribution < 1.29 is 4.79 Å². The molecule has 4 rings (SSSR count). The van der Waals surface area contributed by atoms with Gasteiger partial charge in [0.05, 0.1) is 5.69 Å². The van der Waals surface area contributed by atoms with Crippen LogP contribution in [0.25, 0.3) is 0 Å². The average molecular weight is 383 g/mol. The molecule has 1 aliphatic heterocycles. The Hall–Kier alpha value is -2.28. The maximum absolute atomic E-state index is 12.7. The lowest BCUT2D eigenvalue weighted by molar-refractivity contribution is 0.0903. The van der Waals surface area contributed by atoms with Crippen molar-refractivity contribution in [2.75, 3.05) is 13.1 Å². The highest BCUT2D eigenvalue weighted by atomic mass is 16.2. The Morgan fingerprint density at radius 3 is 2.57 bits per heavy atom. The molecule has 1 N–H and O–H groups in total. The highest BCUT2D eigenvalue weighted by Gasteiger charge is 2.25. The minimum atomic E-state index is -0.0808. The van der Waals surface area contributed by atoms with E-state index in [9.17, 15) is 4.79 Å². The normalized spacial score (nSPS) is 19.2. The Labute approximate surface area is 166 Å². The summed E-state index contributed by atoms with van der Waals surface area (Å²) in [7, 11) is 0. The fourth-order valence-corrected chi connectivity index (χ4v) is 4.42. The smallest absolute Gasteiger partial charge is 0.273 e. The number of hydrogen-bond donors (Lipinski definition) is 1. The van der Waals surface area contributed by atoms with Crippen molar-refractivity contribution >= 4 is 5.91 Å². The molecule has 7 heteroatoms. The third kappa shape index (κ3) is 4.58. The highest BCUT2D eigenvalue weighted by molar-refractivity contribution is 5.93. The number of rotatable bonds is 6. The molecule has 2 aromatic rings. The molecule has 0 spiro atoms. The first-order valence-corrected chi connectivity index (χ1v) is 10.5. The second-order valence-corrected chi connectivity index (χ2v) is 8.24. The van der Waals surface area contributed by atoms with Gasteiger partial charge in [0, 0.05) is 44.6 Å². The minimum absolute atomic E-state index is 0.0808. The largest absolute Gasteiger partial charge is 0.348 e. The Balaban J connectivity index is 1.27. The molecule has 7 nitrogen and oxygen atoms in total. The molecule has 1 saturated heterocycles. The van der Waals surface area contributed by atoms with Crippen LogP contribution >= 0.6 is 0 Å². The van der Waals surface area contributed by atoms with Crippen molar-refractivity contribution in [3.05, 3.63) is 41.5 Å². The molecule has 2 aromatic heterocycles. The Kier molecular flexibility index (Phi) is 6.00. The molecule has 2 aliphatic rings. The number of amides is 1. The molecule has 0 unspecified atom stereocenters. The molecule has 1 saturated carbocycles. The molecule has 1 aliphatic carbocycles. The van der Waals surface area contributed by atoms with Crippen LogP contribution in [-0.2, 0) is 13.1 Å². The molecular formula is C21H30N6O. The van der Waals surface area contributed by atoms with Crippen molar-refractivity contribution in [1.82, 2.24) is 30.2 Å². The second kappa shape index (κ2) is 8.82. The van der Waals surface area contributed by atoms with Gasteiger partial charge in [-0.1, -0.05) is 18.1 Å². The van der Waals surface area contributed by atoms with Gasteiger partial charge in [-0.2, -0.15) is 0 Å². The molecule has 28 heavy (non-hydrogen) atoms. The first-order chi connectivity index (χ1) is 13.7. The topological polar surface area (TPSA) is 75.9 Å². The van der Waals surface area contributed by atoms with Crippen molar-refractivity contribution in [3.8, 4) is 0 Å². The SMILES string of the molecule is Cc1c(C(=O)NC2CCN(Cc3ccncc3)CC2)nnn1CC1CCCC1. The van der Waals surface area contributed by atoms with Crippen LogP contribution in [0.3, 0.4) is 0 Å². The van der Waals surface area contributed by atoms with E-state index in [1.807, 2.05) is 24.0 Å². The van der Waals surface area contributed by atoms with Crippen LogP contribution in [0.2, 0.25) is 0 Å². The molecule has 0 atom stereocenters. The third-order valence-electron chi connectivity index (χ3n) is 6.18. The zero-order valence-corrected chi connectivity index (χ0v) is 16.7. The van der Waals surface area contributed by atoms with Gasteiger partial charge in [-0.3, -0.25) is 14.7 Å². The predicted octanol–water partition coefficient (Wildman–Crippen LogP) is 2.57. The van der Waals surface area contributed by atoms with Crippen LogP contribution in [0.15, 0.2) is 24.5 Å². The Morgan fingerprint density at radius 2 is 1.86 bits per heavy atom. The number of pyridine rings is 1. The van der Waals surface area contributed by atoms with E-state index in [2.05, 4.69) is 37.6 Å².